The van der Waals surface area contributed by atoms with Crippen molar-refractivity contribution >= 4 is 11.9 Å². The van der Waals surface area contributed by atoms with E-state index in [2.05, 4.69) is 4.74 Å². The number of carboxylic acids is 1. The van der Waals surface area contributed by atoms with Crippen LogP contribution in [0, 0.1) is 0 Å². The number of nitrogens with two attached hydrogens (primary N) is 1. The van der Waals surface area contributed by atoms with Gasteiger partial charge in [-0.25, -0.2) is 9.59 Å². The lowest BCUT2D eigenvalue weighted by molar-refractivity contribution is -0.192. The van der Waals surface area contributed by atoms with E-state index in [1.807, 2.05) is 0 Å². The molecule has 0 heterocycles. The summed E-state index contributed by atoms with van der Waals surface area (Å²) in [5.74, 6) is -3.12. The summed E-state index contributed by atoms with van der Waals surface area (Å²) >= 11 is 0. The van der Waals surface area contributed by atoms with Crippen LogP contribution in [0.3, 0.4) is 0 Å². The minimum absolute atomic E-state index is 0.365. The van der Waals surface area contributed by atoms with Crippen LogP contribution in [0.4, 0.5) is 13.2 Å². The molecular weight excluding hydrogens is 219 g/mol. The van der Waals surface area contributed by atoms with E-state index in [1.54, 1.807) is 0 Å². The maximum absolute atomic E-state index is 10.6. The third-order valence-corrected chi connectivity index (χ3v) is 0.834. The lowest BCUT2D eigenvalue weighted by atomic mass is 10.5. The Balaban J connectivity index is 0. The smallest absolute Gasteiger partial charge is 0.475 e. The number of aliphatic carboxylic acids is 1. The molecule has 0 radical (unpaired) electrons. The molecule has 8 heteroatoms. The quantitative estimate of drug-likeness (QED) is 0.525. The minimum atomic E-state index is -5.08. The van der Waals surface area contributed by atoms with Crippen molar-refractivity contribution in [2.24, 2.45) is 5.73 Å². The number of ether oxygens (including phenoxy) is 1. The van der Waals surface area contributed by atoms with Crippen LogP contribution >= 0.6 is 0 Å². The van der Waals surface area contributed by atoms with Gasteiger partial charge in [0, 0.05) is 12.6 Å². The summed E-state index contributed by atoms with van der Waals surface area (Å²) in [7, 11) is 1.32. The monoisotopic (exact) mass is 229 g/mol. The Hall–Kier alpha value is -1.57. The number of methoxy groups -OCH3 is 1. The highest BCUT2D eigenvalue weighted by atomic mass is 19.4. The van der Waals surface area contributed by atoms with Crippen molar-refractivity contribution in [1.29, 1.82) is 0 Å². The van der Waals surface area contributed by atoms with E-state index < -0.39 is 12.1 Å². The highest BCUT2D eigenvalue weighted by Crippen LogP contribution is 2.13. The summed E-state index contributed by atoms with van der Waals surface area (Å²) < 4.78 is 36.0. The van der Waals surface area contributed by atoms with Crippen molar-refractivity contribution in [3.63, 3.8) is 0 Å². The molecule has 0 aliphatic carbocycles. The van der Waals surface area contributed by atoms with Gasteiger partial charge in [-0.1, -0.05) is 6.08 Å². The van der Waals surface area contributed by atoms with Gasteiger partial charge in [-0.05, 0) is 0 Å². The van der Waals surface area contributed by atoms with Crippen LogP contribution < -0.4 is 5.73 Å². The molecule has 15 heavy (non-hydrogen) atoms. The zero-order valence-electron chi connectivity index (χ0n) is 7.75. The van der Waals surface area contributed by atoms with Crippen LogP contribution in [0.1, 0.15) is 0 Å². The number of carboxylic acid groups (broad SMARTS) is 1. The predicted octanol–water partition coefficient (Wildman–Crippen LogP) is 0.308. The van der Waals surface area contributed by atoms with Gasteiger partial charge in [0.2, 0.25) is 0 Å². The molecule has 5 nitrogen and oxygen atoms in total. The van der Waals surface area contributed by atoms with Crippen molar-refractivity contribution < 1.29 is 32.6 Å². The highest BCUT2D eigenvalue weighted by molar-refractivity contribution is 5.81. The predicted molar refractivity (Wildman–Crippen MR) is 43.9 cm³/mol. The molecule has 0 aromatic rings. The fourth-order valence-electron chi connectivity index (χ4n) is 0.232. The second kappa shape index (κ2) is 7.80. The number of hydrogen-bond donors (Lipinski definition) is 2. The molecule has 0 aromatic carbocycles. The van der Waals surface area contributed by atoms with Crippen molar-refractivity contribution in [3.8, 4) is 0 Å². The number of alkyl halides is 3. The third kappa shape index (κ3) is 12.4. The number of esters is 1. The third-order valence-electron chi connectivity index (χ3n) is 0.834. The maximum Gasteiger partial charge on any atom is 0.490 e. The Morgan fingerprint density at radius 3 is 2.07 bits per heavy atom. The summed E-state index contributed by atoms with van der Waals surface area (Å²) in [5, 5.41) is 7.12. The lowest BCUT2D eigenvalue weighted by Gasteiger charge is -1.93. The Morgan fingerprint density at radius 1 is 1.47 bits per heavy atom. The van der Waals surface area contributed by atoms with E-state index in [9.17, 15) is 18.0 Å². The number of carbonyl (C=O) groups is 2. The van der Waals surface area contributed by atoms with Gasteiger partial charge in [0.1, 0.15) is 0 Å². The largest absolute Gasteiger partial charge is 0.490 e. The number of hydrogen-bond acceptors (Lipinski definition) is 4. The molecule has 3 N–H and O–H groups in total. The topological polar surface area (TPSA) is 89.6 Å². The van der Waals surface area contributed by atoms with Gasteiger partial charge in [0.15, 0.2) is 0 Å². The van der Waals surface area contributed by atoms with E-state index in [0.717, 1.165) is 0 Å². The Kier molecular flexibility index (Phi) is 8.26. The van der Waals surface area contributed by atoms with Gasteiger partial charge < -0.3 is 15.6 Å². The Bertz CT molecular complexity index is 237. The first-order valence-corrected chi connectivity index (χ1v) is 3.50. The van der Waals surface area contributed by atoms with Crippen molar-refractivity contribution in [2.45, 2.75) is 6.18 Å². The maximum atomic E-state index is 10.6. The van der Waals surface area contributed by atoms with Crippen LogP contribution in [0.2, 0.25) is 0 Å². The molecule has 0 saturated heterocycles. The van der Waals surface area contributed by atoms with Gasteiger partial charge in [-0.3, -0.25) is 0 Å². The second-order valence-electron chi connectivity index (χ2n) is 1.96. The van der Waals surface area contributed by atoms with E-state index in [4.69, 9.17) is 15.6 Å². The molecule has 0 amide bonds. The fraction of sp³-hybridized carbons (Fsp3) is 0.429. The van der Waals surface area contributed by atoms with Crippen LogP contribution in [0.5, 0.6) is 0 Å². The van der Waals surface area contributed by atoms with Gasteiger partial charge in [0.25, 0.3) is 0 Å². The van der Waals surface area contributed by atoms with Crippen LogP contribution in [-0.4, -0.2) is 36.9 Å². The number of halogens is 3. The van der Waals surface area contributed by atoms with E-state index in [1.165, 1.54) is 19.3 Å². The first-order chi connectivity index (χ1) is 6.75. The molecule has 0 atom stereocenters. The van der Waals surface area contributed by atoms with Gasteiger partial charge in [0.05, 0.1) is 7.11 Å². The van der Waals surface area contributed by atoms with Crippen molar-refractivity contribution in [1.82, 2.24) is 0 Å². The normalized spacial score (nSPS) is 10.5. The van der Waals surface area contributed by atoms with Crippen molar-refractivity contribution in [3.05, 3.63) is 12.2 Å². The summed E-state index contributed by atoms with van der Waals surface area (Å²) in [6, 6.07) is 0. The van der Waals surface area contributed by atoms with Gasteiger partial charge >= 0.3 is 18.1 Å². The molecule has 0 unspecified atom stereocenters. The number of rotatable bonds is 2. The number of carbonyl (C=O) groups excluding carboxylic acids is 1. The molecule has 0 rings (SSSR count). The molecule has 0 spiro atoms. The molecule has 88 valence electrons. The molecule has 0 saturated carbocycles. The second-order valence-corrected chi connectivity index (χ2v) is 1.96. The molecule has 0 aliphatic heterocycles. The molecule has 0 aliphatic rings. The van der Waals surface area contributed by atoms with Gasteiger partial charge in [-0.15, -0.1) is 0 Å². The summed E-state index contributed by atoms with van der Waals surface area (Å²) in [5.41, 5.74) is 5.04. The summed E-state index contributed by atoms with van der Waals surface area (Å²) in [4.78, 5) is 19.1. The zero-order chi connectivity index (χ0) is 12.5. The SMILES string of the molecule is COC(=O)/C=C/CN.O=C(O)C(F)(F)F. The molecule has 0 fully saturated rings. The van der Waals surface area contributed by atoms with Crippen LogP contribution in [-0.2, 0) is 14.3 Å². The van der Waals surface area contributed by atoms with E-state index in [-0.39, 0.29) is 5.97 Å². The Morgan fingerprint density at radius 2 is 1.87 bits per heavy atom. The van der Waals surface area contributed by atoms with Crippen LogP contribution in [0.25, 0.3) is 0 Å². The first kappa shape index (κ1) is 15.9. The minimum Gasteiger partial charge on any atom is -0.475 e. The van der Waals surface area contributed by atoms with E-state index >= 15 is 0 Å². The zero-order valence-corrected chi connectivity index (χ0v) is 7.75. The van der Waals surface area contributed by atoms with Gasteiger partial charge in [-0.2, -0.15) is 13.2 Å². The molecule has 0 aromatic heterocycles. The fourth-order valence-corrected chi connectivity index (χ4v) is 0.232. The Labute approximate surface area is 83.3 Å². The highest BCUT2D eigenvalue weighted by Gasteiger charge is 2.38. The molecular formula is C7H10F3NO4. The van der Waals surface area contributed by atoms with Crippen molar-refractivity contribution in [2.75, 3.05) is 13.7 Å². The lowest BCUT2D eigenvalue weighted by Crippen LogP contribution is -2.21. The van der Waals surface area contributed by atoms with Crippen LogP contribution in [0.15, 0.2) is 12.2 Å². The first-order valence-electron chi connectivity index (χ1n) is 3.50. The molecule has 0 bridgehead atoms. The summed E-state index contributed by atoms with van der Waals surface area (Å²) in [6.07, 6.45) is -2.26. The standard InChI is InChI=1S/C5H9NO2.C2HF3O2/c1-8-5(7)3-2-4-6;3-2(4,5)1(6)7/h2-3H,4,6H2,1H3;(H,6,7)/b3-2+;. The van der Waals surface area contributed by atoms with E-state index in [0.29, 0.717) is 6.54 Å². The average Bonchev–Trinajstić information content (AvgIpc) is 2.13. The average molecular weight is 229 g/mol. The summed E-state index contributed by atoms with van der Waals surface area (Å²) in [6.45, 7) is 0.370.